The van der Waals surface area contributed by atoms with Crippen LogP contribution in [0.3, 0.4) is 0 Å². The molecule has 1 aromatic rings. The first kappa shape index (κ1) is 19.6. The molecule has 1 aromatic carbocycles. The number of amides is 1. The third kappa shape index (κ3) is 5.58. The maximum atomic E-state index is 12.6. The van der Waals surface area contributed by atoms with Crippen molar-refractivity contribution in [2.45, 2.75) is 32.0 Å². The maximum absolute atomic E-state index is 12.6. The Morgan fingerprint density at radius 2 is 2.00 bits per heavy atom. The second-order valence-electron chi connectivity index (χ2n) is 5.19. The Bertz CT molecular complexity index is 532. The predicted molar refractivity (Wildman–Crippen MR) is 83.2 cm³/mol. The van der Waals surface area contributed by atoms with Gasteiger partial charge in [-0.05, 0) is 56.5 Å². The van der Waals surface area contributed by atoms with Crippen LogP contribution in [0.1, 0.15) is 41.6 Å². The van der Waals surface area contributed by atoms with Gasteiger partial charge in [-0.25, -0.2) is 0 Å². The molecular formula is C15H20ClF3N2O2. The van der Waals surface area contributed by atoms with E-state index in [0.717, 1.165) is 31.5 Å². The molecule has 8 heteroatoms. The van der Waals surface area contributed by atoms with Crippen molar-refractivity contribution in [2.24, 2.45) is 0 Å². The number of carbonyl (C=O) groups is 1. The summed E-state index contributed by atoms with van der Waals surface area (Å²) in [6.07, 6.45) is -3.12. The number of alkyl halides is 3. The molecule has 2 rings (SSSR count). The molecule has 0 aliphatic carbocycles. The number of ether oxygens (including phenoxy) is 1. The average molecular weight is 353 g/mol. The van der Waals surface area contributed by atoms with Gasteiger partial charge in [-0.15, -0.1) is 25.6 Å². The minimum Gasteiger partial charge on any atom is -0.405 e. The van der Waals surface area contributed by atoms with Crippen LogP contribution in [0, 0.1) is 0 Å². The van der Waals surface area contributed by atoms with Crippen LogP contribution in [0.4, 0.5) is 13.2 Å². The van der Waals surface area contributed by atoms with E-state index in [1.54, 1.807) is 13.0 Å². The number of hydrogen-bond acceptors (Lipinski definition) is 3. The smallest absolute Gasteiger partial charge is 0.405 e. The summed E-state index contributed by atoms with van der Waals surface area (Å²) in [7, 11) is 0. The molecule has 0 unspecified atom stereocenters. The zero-order valence-electron chi connectivity index (χ0n) is 12.7. The fourth-order valence-electron chi connectivity index (χ4n) is 2.60. The van der Waals surface area contributed by atoms with Crippen molar-refractivity contribution >= 4 is 18.3 Å². The quantitative estimate of drug-likeness (QED) is 0.874. The van der Waals surface area contributed by atoms with Gasteiger partial charge in [0.1, 0.15) is 5.75 Å². The molecule has 2 N–H and O–H groups in total. The van der Waals surface area contributed by atoms with Crippen LogP contribution in [0.2, 0.25) is 0 Å². The number of rotatable bonds is 4. The van der Waals surface area contributed by atoms with Crippen molar-refractivity contribution in [3.05, 3.63) is 29.3 Å². The highest BCUT2D eigenvalue weighted by atomic mass is 35.5. The lowest BCUT2D eigenvalue weighted by atomic mass is 9.89. The van der Waals surface area contributed by atoms with Crippen molar-refractivity contribution in [3.63, 3.8) is 0 Å². The fraction of sp³-hybridized carbons (Fsp3) is 0.533. The van der Waals surface area contributed by atoms with Crippen molar-refractivity contribution in [1.82, 2.24) is 10.6 Å². The number of benzene rings is 1. The zero-order valence-corrected chi connectivity index (χ0v) is 13.5. The lowest BCUT2D eigenvalue weighted by Crippen LogP contribution is -2.27. The lowest BCUT2D eigenvalue weighted by Gasteiger charge is -2.24. The monoisotopic (exact) mass is 352 g/mol. The molecule has 0 atom stereocenters. The zero-order chi connectivity index (χ0) is 16.2. The Labute approximate surface area is 139 Å². The minimum atomic E-state index is -4.83. The first-order chi connectivity index (χ1) is 10.4. The molecular weight excluding hydrogens is 333 g/mol. The van der Waals surface area contributed by atoms with Gasteiger partial charge in [0.05, 0.1) is 5.56 Å². The molecule has 1 heterocycles. The Morgan fingerprint density at radius 3 is 2.57 bits per heavy atom. The first-order valence-electron chi connectivity index (χ1n) is 7.29. The van der Waals surface area contributed by atoms with Gasteiger partial charge in [0.15, 0.2) is 0 Å². The van der Waals surface area contributed by atoms with Crippen LogP contribution in [-0.2, 0) is 0 Å². The number of nitrogens with one attached hydrogen (secondary N) is 2. The van der Waals surface area contributed by atoms with Crippen molar-refractivity contribution in [2.75, 3.05) is 19.6 Å². The normalized spacial score (nSPS) is 15.7. The molecule has 0 spiro atoms. The Hall–Kier alpha value is -1.47. The summed E-state index contributed by atoms with van der Waals surface area (Å²) >= 11 is 0. The van der Waals surface area contributed by atoms with E-state index >= 15 is 0 Å². The van der Waals surface area contributed by atoms with E-state index in [9.17, 15) is 18.0 Å². The molecule has 0 radical (unpaired) electrons. The van der Waals surface area contributed by atoms with Crippen LogP contribution in [-0.4, -0.2) is 31.9 Å². The van der Waals surface area contributed by atoms with E-state index in [2.05, 4.69) is 15.4 Å². The molecule has 1 amide bonds. The average Bonchev–Trinajstić information content (AvgIpc) is 2.46. The number of halogens is 4. The van der Waals surface area contributed by atoms with Gasteiger partial charge in [0, 0.05) is 6.54 Å². The van der Waals surface area contributed by atoms with E-state index in [-0.39, 0.29) is 23.9 Å². The summed E-state index contributed by atoms with van der Waals surface area (Å²) in [5.41, 5.74) is 0.672. The second-order valence-corrected chi connectivity index (χ2v) is 5.19. The molecule has 130 valence electrons. The van der Waals surface area contributed by atoms with Crippen molar-refractivity contribution < 1.29 is 22.7 Å². The minimum absolute atomic E-state index is 0. The van der Waals surface area contributed by atoms with Gasteiger partial charge >= 0.3 is 6.36 Å². The highest BCUT2D eigenvalue weighted by Gasteiger charge is 2.33. The summed E-state index contributed by atoms with van der Waals surface area (Å²) in [5, 5.41) is 5.70. The molecule has 1 aliphatic rings. The molecule has 23 heavy (non-hydrogen) atoms. The van der Waals surface area contributed by atoms with Crippen LogP contribution in [0.15, 0.2) is 18.2 Å². The first-order valence-corrected chi connectivity index (χ1v) is 7.29. The van der Waals surface area contributed by atoms with E-state index < -0.39 is 18.0 Å². The Kier molecular flexibility index (Phi) is 7.15. The van der Waals surface area contributed by atoms with Crippen molar-refractivity contribution in [1.29, 1.82) is 0 Å². The number of hydrogen-bond donors (Lipinski definition) is 2. The van der Waals surface area contributed by atoms with Gasteiger partial charge in [0.25, 0.3) is 5.91 Å². The summed E-state index contributed by atoms with van der Waals surface area (Å²) < 4.78 is 41.8. The van der Waals surface area contributed by atoms with Gasteiger partial charge < -0.3 is 15.4 Å². The van der Waals surface area contributed by atoms with Gasteiger partial charge in [-0.2, -0.15) is 0 Å². The van der Waals surface area contributed by atoms with Crippen LogP contribution >= 0.6 is 12.4 Å². The predicted octanol–water partition coefficient (Wildman–Crippen LogP) is 3.22. The molecule has 0 saturated carbocycles. The standard InChI is InChI=1S/C15H19F3N2O2.ClH/c1-2-20-14(21)12-4-3-11(10-5-7-19-8-6-10)9-13(12)22-15(16,17)18;/h3-4,9-10,19H,2,5-8H2,1H3,(H,20,21);1H. The summed E-state index contributed by atoms with van der Waals surface area (Å²) in [5.74, 6) is -0.826. The Morgan fingerprint density at radius 1 is 1.35 bits per heavy atom. The molecule has 1 saturated heterocycles. The molecule has 1 aliphatic heterocycles. The van der Waals surface area contributed by atoms with E-state index in [4.69, 9.17) is 0 Å². The second kappa shape index (κ2) is 8.40. The van der Waals surface area contributed by atoms with Gasteiger partial charge in [-0.1, -0.05) is 6.07 Å². The van der Waals surface area contributed by atoms with Gasteiger partial charge in [-0.3, -0.25) is 4.79 Å². The number of carbonyl (C=O) groups excluding carboxylic acids is 1. The SMILES string of the molecule is CCNC(=O)c1ccc(C2CCNCC2)cc1OC(F)(F)F.Cl. The number of piperidine rings is 1. The molecule has 4 nitrogen and oxygen atoms in total. The van der Waals surface area contributed by atoms with Crippen molar-refractivity contribution in [3.8, 4) is 5.75 Å². The maximum Gasteiger partial charge on any atom is 0.573 e. The highest BCUT2D eigenvalue weighted by Crippen LogP contribution is 2.32. The van der Waals surface area contributed by atoms with E-state index in [1.807, 2.05) is 0 Å². The van der Waals surface area contributed by atoms with Crippen LogP contribution in [0.25, 0.3) is 0 Å². The Balaban J connectivity index is 0.00000264. The van der Waals surface area contributed by atoms with E-state index in [1.165, 1.54) is 12.1 Å². The topological polar surface area (TPSA) is 50.4 Å². The lowest BCUT2D eigenvalue weighted by molar-refractivity contribution is -0.274. The fourth-order valence-corrected chi connectivity index (χ4v) is 2.60. The summed E-state index contributed by atoms with van der Waals surface area (Å²) in [6, 6.07) is 4.46. The third-order valence-electron chi connectivity index (χ3n) is 3.62. The largest absolute Gasteiger partial charge is 0.573 e. The van der Waals surface area contributed by atoms with Gasteiger partial charge in [0.2, 0.25) is 0 Å². The van der Waals surface area contributed by atoms with Crippen LogP contribution < -0.4 is 15.4 Å². The van der Waals surface area contributed by atoms with E-state index in [0.29, 0.717) is 6.54 Å². The molecule has 1 fully saturated rings. The summed E-state index contributed by atoms with van der Waals surface area (Å²) in [6.45, 7) is 3.70. The molecule has 0 bridgehead atoms. The third-order valence-corrected chi connectivity index (χ3v) is 3.62. The van der Waals surface area contributed by atoms with Crippen LogP contribution in [0.5, 0.6) is 5.75 Å². The summed E-state index contributed by atoms with van der Waals surface area (Å²) in [4.78, 5) is 11.9. The molecule has 0 aromatic heterocycles. The highest BCUT2D eigenvalue weighted by molar-refractivity contribution is 5.97.